The van der Waals surface area contributed by atoms with Gasteiger partial charge in [-0.1, -0.05) is 45.0 Å². The molecule has 0 aliphatic rings. The highest BCUT2D eigenvalue weighted by Crippen LogP contribution is 2.39. The van der Waals surface area contributed by atoms with E-state index in [0.717, 1.165) is 33.5 Å². The molecule has 0 amide bonds. The molecule has 39 heavy (non-hydrogen) atoms. The molecule has 1 atom stereocenters. The molecule has 0 aliphatic heterocycles. The summed E-state index contributed by atoms with van der Waals surface area (Å²) in [5.41, 5.74) is 5.51. The fourth-order valence-electron chi connectivity index (χ4n) is 5.01. The van der Waals surface area contributed by atoms with Gasteiger partial charge in [0.15, 0.2) is 11.6 Å². The number of aryl methyl sites for hydroxylation is 1. The number of aliphatic hydroxyl groups is 1. The molecule has 3 heterocycles. The van der Waals surface area contributed by atoms with Crippen molar-refractivity contribution in [3.8, 4) is 16.9 Å². The van der Waals surface area contributed by atoms with Crippen LogP contribution in [-0.2, 0) is 20.0 Å². The number of halogens is 1. The Labute approximate surface area is 228 Å². The Morgan fingerprint density at radius 2 is 1.92 bits per heavy atom. The Balaban J connectivity index is 1.54. The van der Waals surface area contributed by atoms with Gasteiger partial charge in [-0.3, -0.25) is 4.68 Å². The summed E-state index contributed by atoms with van der Waals surface area (Å²) in [6.07, 6.45) is 3.58. The van der Waals surface area contributed by atoms with Crippen LogP contribution in [0.3, 0.4) is 0 Å². The van der Waals surface area contributed by atoms with Gasteiger partial charge >= 0.3 is 0 Å². The number of pyridine rings is 1. The van der Waals surface area contributed by atoms with E-state index >= 15 is 4.39 Å². The van der Waals surface area contributed by atoms with E-state index in [1.165, 1.54) is 0 Å². The zero-order valence-corrected chi connectivity index (χ0v) is 23.4. The van der Waals surface area contributed by atoms with Crippen LogP contribution in [0.5, 0.6) is 5.75 Å². The van der Waals surface area contributed by atoms with E-state index in [1.807, 2.05) is 95.0 Å². The molecule has 2 N–H and O–H groups in total. The number of hydrogen-bond acceptors (Lipinski definition) is 5. The second kappa shape index (κ2) is 10.4. The maximum atomic E-state index is 16.0. The highest BCUT2D eigenvalue weighted by atomic mass is 19.1. The molecule has 2 aromatic carbocycles. The minimum Gasteiger partial charge on any atom is -0.489 e. The summed E-state index contributed by atoms with van der Waals surface area (Å²) in [5, 5.41) is 20.1. The van der Waals surface area contributed by atoms with E-state index in [9.17, 15) is 5.11 Å². The summed E-state index contributed by atoms with van der Waals surface area (Å²) in [6, 6.07) is 13.3. The minimum absolute atomic E-state index is 0.211. The number of benzene rings is 2. The van der Waals surface area contributed by atoms with Crippen molar-refractivity contribution in [1.29, 1.82) is 0 Å². The second-order valence-electron chi connectivity index (χ2n) is 11.2. The van der Waals surface area contributed by atoms with Gasteiger partial charge < -0.3 is 19.6 Å². The predicted molar refractivity (Wildman–Crippen MR) is 152 cm³/mol. The van der Waals surface area contributed by atoms with Crippen molar-refractivity contribution in [2.24, 2.45) is 12.5 Å². The lowest BCUT2D eigenvalue weighted by Crippen LogP contribution is -2.20. The first-order valence-corrected chi connectivity index (χ1v) is 13.3. The zero-order chi connectivity index (χ0) is 27.9. The summed E-state index contributed by atoms with van der Waals surface area (Å²) < 4.78 is 26.1. The average molecular weight is 530 g/mol. The number of nitrogens with zero attached hydrogens (tertiary/aromatic N) is 4. The number of aliphatic hydroxyl groups excluding tert-OH is 1. The van der Waals surface area contributed by atoms with Gasteiger partial charge in [-0.15, -0.1) is 0 Å². The first-order chi connectivity index (χ1) is 18.6. The van der Waals surface area contributed by atoms with Crippen molar-refractivity contribution < 1.29 is 14.2 Å². The molecule has 0 saturated heterocycles. The van der Waals surface area contributed by atoms with Crippen LogP contribution in [0.1, 0.15) is 49.5 Å². The Hall–Kier alpha value is -3.75. The highest BCUT2D eigenvalue weighted by Gasteiger charge is 2.30. The minimum atomic E-state index is -0.728. The molecule has 0 bridgehead atoms. The van der Waals surface area contributed by atoms with Crippen molar-refractivity contribution >= 4 is 16.4 Å². The smallest absolute Gasteiger partial charge is 0.173 e. The molecule has 0 saturated carbocycles. The van der Waals surface area contributed by atoms with Crippen LogP contribution in [-0.4, -0.2) is 37.9 Å². The summed E-state index contributed by atoms with van der Waals surface area (Å²) >= 11 is 0. The summed E-state index contributed by atoms with van der Waals surface area (Å²) in [5.74, 6) is -0.176. The van der Waals surface area contributed by atoms with Gasteiger partial charge in [0, 0.05) is 54.0 Å². The van der Waals surface area contributed by atoms with Crippen LogP contribution in [0.25, 0.3) is 27.5 Å². The van der Waals surface area contributed by atoms with Gasteiger partial charge in [0.25, 0.3) is 0 Å². The van der Waals surface area contributed by atoms with Gasteiger partial charge in [-0.2, -0.15) is 5.10 Å². The maximum absolute atomic E-state index is 16.0. The fraction of sp³-hybridized carbons (Fsp3) is 0.355. The number of hydrogen-bond donors (Lipinski definition) is 2. The van der Waals surface area contributed by atoms with Crippen molar-refractivity contribution in [2.45, 2.75) is 46.8 Å². The molecule has 0 radical (unpaired) electrons. The predicted octanol–water partition coefficient (Wildman–Crippen LogP) is 5.76. The van der Waals surface area contributed by atoms with E-state index in [2.05, 4.69) is 15.4 Å². The number of nitrogens with one attached hydrogen (secondary N) is 1. The first-order valence-electron chi connectivity index (χ1n) is 13.3. The Kier molecular flexibility index (Phi) is 7.18. The van der Waals surface area contributed by atoms with Crippen LogP contribution < -0.4 is 10.1 Å². The third-order valence-corrected chi connectivity index (χ3v) is 7.36. The lowest BCUT2D eigenvalue weighted by molar-refractivity contribution is 0.0575. The van der Waals surface area contributed by atoms with E-state index in [4.69, 9.17) is 4.74 Å². The van der Waals surface area contributed by atoms with E-state index in [0.29, 0.717) is 29.6 Å². The molecule has 3 aromatic heterocycles. The van der Waals surface area contributed by atoms with E-state index in [1.54, 1.807) is 10.7 Å². The third kappa shape index (κ3) is 5.02. The number of fused-ring (bicyclic) bond motifs is 2. The number of imidazole rings is 1. The van der Waals surface area contributed by atoms with E-state index < -0.39 is 6.10 Å². The van der Waals surface area contributed by atoms with Gasteiger partial charge in [-0.05, 0) is 43.0 Å². The van der Waals surface area contributed by atoms with Crippen LogP contribution in [0.2, 0.25) is 0 Å². The summed E-state index contributed by atoms with van der Waals surface area (Å²) in [4.78, 5) is 4.48. The van der Waals surface area contributed by atoms with Gasteiger partial charge in [0.1, 0.15) is 11.8 Å². The normalized spacial score (nSPS) is 12.9. The molecule has 5 rings (SSSR count). The van der Waals surface area contributed by atoms with Crippen LogP contribution in [0, 0.1) is 18.2 Å². The third-order valence-electron chi connectivity index (χ3n) is 7.36. The Morgan fingerprint density at radius 3 is 2.67 bits per heavy atom. The van der Waals surface area contributed by atoms with Crippen molar-refractivity contribution in [1.82, 2.24) is 24.5 Å². The number of aromatic nitrogens is 4. The van der Waals surface area contributed by atoms with Crippen LogP contribution >= 0.6 is 0 Å². The molecular formula is C31H36FN5O2. The molecule has 5 aromatic rings. The molecule has 1 unspecified atom stereocenters. The summed E-state index contributed by atoms with van der Waals surface area (Å²) in [6.45, 7) is 8.82. The van der Waals surface area contributed by atoms with Gasteiger partial charge in [-0.25, -0.2) is 9.37 Å². The summed E-state index contributed by atoms with van der Waals surface area (Å²) in [7, 11) is 3.76. The molecule has 0 aliphatic carbocycles. The van der Waals surface area contributed by atoms with Crippen molar-refractivity contribution in [3.63, 3.8) is 0 Å². The molecule has 0 spiro atoms. The van der Waals surface area contributed by atoms with Crippen molar-refractivity contribution in [2.75, 3.05) is 13.7 Å². The van der Waals surface area contributed by atoms with Crippen molar-refractivity contribution in [3.05, 3.63) is 83.3 Å². The number of ether oxygens (including phenoxy) is 1. The molecular weight excluding hydrogens is 493 g/mol. The largest absolute Gasteiger partial charge is 0.489 e. The van der Waals surface area contributed by atoms with Crippen LogP contribution in [0.15, 0.2) is 54.9 Å². The van der Waals surface area contributed by atoms with Crippen LogP contribution in [0.4, 0.5) is 4.39 Å². The molecule has 204 valence electrons. The maximum Gasteiger partial charge on any atom is 0.173 e. The SMILES string of the molecule is CNCc1cnc2ccc(-c3cc4ccccc4c(F)c3OCCc3c(C(O)C(C)(C)C)nn(C)c3C)cn12. The van der Waals surface area contributed by atoms with Gasteiger partial charge in [0.05, 0.1) is 24.2 Å². The topological polar surface area (TPSA) is 76.6 Å². The van der Waals surface area contributed by atoms with Gasteiger partial charge in [0.2, 0.25) is 0 Å². The standard InChI is InChI=1S/C31H36FN5O2/c1-19-23(28(35-36(19)6)30(38)31(2,3)4)13-14-39-29-25(15-20-9-7-8-10-24(20)27(29)32)21-11-12-26-34-17-22(16-33-5)37(26)18-21/h7-12,15,17-18,30,33,38H,13-14,16H2,1-6H3. The Bertz CT molecular complexity index is 1650. The highest BCUT2D eigenvalue weighted by molar-refractivity contribution is 5.91. The lowest BCUT2D eigenvalue weighted by Gasteiger charge is -2.25. The quantitative estimate of drug-likeness (QED) is 0.267. The monoisotopic (exact) mass is 529 g/mol. The Morgan fingerprint density at radius 1 is 1.15 bits per heavy atom. The number of rotatable bonds is 8. The first kappa shape index (κ1) is 26.8. The second-order valence-corrected chi connectivity index (χ2v) is 11.2. The molecule has 7 nitrogen and oxygen atoms in total. The average Bonchev–Trinajstić information content (AvgIpc) is 3.44. The fourth-order valence-corrected chi connectivity index (χ4v) is 5.01. The lowest BCUT2D eigenvalue weighted by atomic mass is 9.85. The zero-order valence-electron chi connectivity index (χ0n) is 23.4. The molecule has 8 heteroatoms. The van der Waals surface area contributed by atoms with E-state index in [-0.39, 0.29) is 23.6 Å². The molecule has 0 fully saturated rings.